The van der Waals surface area contributed by atoms with Gasteiger partial charge in [0.15, 0.2) is 8.32 Å². The molecule has 0 bridgehead atoms. The van der Waals surface area contributed by atoms with Crippen LogP contribution in [0.2, 0.25) is 18.1 Å². The molecule has 98 valence electrons. The van der Waals surface area contributed by atoms with E-state index >= 15 is 0 Å². The van der Waals surface area contributed by atoms with Crippen LogP contribution in [0, 0.1) is 0 Å². The number of hydrogen-bond acceptors (Lipinski definition) is 3. The largest absolute Gasteiger partial charge is 0.409 e. The molecule has 0 saturated carbocycles. The molecule has 17 heavy (non-hydrogen) atoms. The van der Waals surface area contributed by atoms with Crippen LogP contribution in [-0.4, -0.2) is 45.6 Å². The molecule has 0 aromatic carbocycles. The van der Waals surface area contributed by atoms with Gasteiger partial charge in [-0.05, 0) is 24.6 Å². The Morgan fingerprint density at radius 1 is 1.35 bits per heavy atom. The van der Waals surface area contributed by atoms with Crippen molar-refractivity contribution in [2.45, 2.75) is 76.6 Å². The van der Waals surface area contributed by atoms with E-state index in [1.807, 2.05) is 6.92 Å². The van der Waals surface area contributed by atoms with Crippen molar-refractivity contribution in [3.8, 4) is 0 Å². The van der Waals surface area contributed by atoms with Crippen LogP contribution in [0.25, 0.3) is 0 Å². The number of hydrogen-bond donors (Lipinski definition) is 1. The fourth-order valence-corrected chi connectivity index (χ4v) is 3.08. The fraction of sp³-hybridized carbons (Fsp3) is 1.00. The van der Waals surface area contributed by atoms with Gasteiger partial charge in [0, 0.05) is 6.00 Å². The summed E-state index contributed by atoms with van der Waals surface area (Å²) in [7, 11) is 3.83. The molecular formula is C12H25BO3Si. The van der Waals surface area contributed by atoms with Crippen molar-refractivity contribution in [1.29, 1.82) is 0 Å². The van der Waals surface area contributed by atoms with Crippen LogP contribution in [0.3, 0.4) is 0 Å². The minimum atomic E-state index is -1.89. The molecule has 1 rings (SSSR count). The quantitative estimate of drug-likeness (QED) is 0.785. The van der Waals surface area contributed by atoms with E-state index in [0.717, 1.165) is 6.42 Å². The second-order valence-electron chi connectivity index (χ2n) is 6.38. The predicted octanol–water partition coefficient (Wildman–Crippen LogP) is 2.04. The van der Waals surface area contributed by atoms with Crippen LogP contribution in [0.1, 0.15) is 34.1 Å². The van der Waals surface area contributed by atoms with E-state index in [0.29, 0.717) is 0 Å². The van der Waals surface area contributed by atoms with E-state index in [-0.39, 0.29) is 17.2 Å². The molecule has 4 atom stereocenters. The zero-order chi connectivity index (χ0) is 13.4. The maximum atomic E-state index is 10.0. The van der Waals surface area contributed by atoms with E-state index in [1.165, 1.54) is 0 Å². The Bertz CT molecular complexity index is 265. The van der Waals surface area contributed by atoms with Gasteiger partial charge in [-0.1, -0.05) is 27.7 Å². The highest BCUT2D eigenvalue weighted by Crippen LogP contribution is 2.39. The molecule has 5 heteroatoms. The van der Waals surface area contributed by atoms with Crippen molar-refractivity contribution in [3.63, 3.8) is 0 Å². The summed E-state index contributed by atoms with van der Waals surface area (Å²) in [6, 6.07) is -0.616. The number of rotatable bonds is 3. The summed E-state index contributed by atoms with van der Waals surface area (Å²) in [5, 5.41) is 10.2. The van der Waals surface area contributed by atoms with Gasteiger partial charge in [0.2, 0.25) is 0 Å². The number of aliphatic hydroxyl groups is 1. The van der Waals surface area contributed by atoms with Crippen LogP contribution >= 0.6 is 0 Å². The first kappa shape index (κ1) is 15.2. The molecule has 1 unspecified atom stereocenters. The van der Waals surface area contributed by atoms with Crippen LogP contribution < -0.4 is 0 Å². The van der Waals surface area contributed by atoms with Crippen molar-refractivity contribution in [2.24, 2.45) is 0 Å². The molecule has 1 fully saturated rings. The second-order valence-corrected chi connectivity index (χ2v) is 11.1. The molecule has 0 aromatic rings. The molecule has 0 aliphatic carbocycles. The summed E-state index contributed by atoms with van der Waals surface area (Å²) in [5.74, 6) is 0. The molecule has 0 aromatic heterocycles. The first-order valence-corrected chi connectivity index (χ1v) is 9.28. The van der Waals surface area contributed by atoms with E-state index in [4.69, 9.17) is 17.0 Å². The van der Waals surface area contributed by atoms with Crippen LogP contribution in [0.4, 0.5) is 0 Å². The lowest BCUT2D eigenvalue weighted by Crippen LogP contribution is -2.49. The van der Waals surface area contributed by atoms with Crippen molar-refractivity contribution in [2.75, 3.05) is 0 Å². The zero-order valence-electron chi connectivity index (χ0n) is 11.9. The molecule has 1 heterocycles. The first-order chi connectivity index (χ1) is 7.60. The topological polar surface area (TPSA) is 38.7 Å². The fourth-order valence-electron chi connectivity index (χ4n) is 1.76. The highest BCUT2D eigenvalue weighted by atomic mass is 28.4. The molecule has 2 radical (unpaired) electrons. The molecule has 1 aliphatic rings. The summed E-state index contributed by atoms with van der Waals surface area (Å²) in [5.41, 5.74) is 0. The second kappa shape index (κ2) is 5.04. The standard InChI is InChI=1S/C12H25BO3Si/c1-7-8-10(9(14)11(13)15-8)16-17(5,6)12(2,3)4/h8-11,14H,7H2,1-6H3/t8-,9?,10+,11-/m1/s1. The van der Waals surface area contributed by atoms with E-state index in [9.17, 15) is 5.11 Å². The average Bonchev–Trinajstić information content (AvgIpc) is 2.43. The molecule has 3 nitrogen and oxygen atoms in total. The molecule has 1 N–H and O–H groups in total. The summed E-state index contributed by atoms with van der Waals surface area (Å²) in [4.78, 5) is 0. The Morgan fingerprint density at radius 2 is 1.88 bits per heavy atom. The monoisotopic (exact) mass is 256 g/mol. The lowest BCUT2D eigenvalue weighted by Gasteiger charge is -2.40. The lowest BCUT2D eigenvalue weighted by molar-refractivity contribution is 0.0286. The minimum Gasteiger partial charge on any atom is -0.409 e. The zero-order valence-corrected chi connectivity index (χ0v) is 12.9. The SMILES string of the molecule is [B][C@@H]1O[C@H](CC)[C@H](O[Si](C)(C)C(C)(C)C)C1O. The van der Waals surface area contributed by atoms with Gasteiger partial charge in [0.05, 0.1) is 18.3 Å². The smallest absolute Gasteiger partial charge is 0.192 e. The van der Waals surface area contributed by atoms with E-state index in [1.54, 1.807) is 0 Å². The normalized spacial score (nSPS) is 35.2. The van der Waals surface area contributed by atoms with E-state index in [2.05, 4.69) is 33.9 Å². The number of aliphatic hydroxyl groups excluding tert-OH is 1. The Kier molecular flexibility index (Phi) is 4.51. The van der Waals surface area contributed by atoms with Crippen molar-refractivity contribution < 1.29 is 14.3 Å². The maximum absolute atomic E-state index is 10.0. The van der Waals surface area contributed by atoms with Gasteiger partial charge in [0.1, 0.15) is 7.85 Å². The third-order valence-corrected chi connectivity index (χ3v) is 8.48. The predicted molar refractivity (Wildman–Crippen MR) is 72.8 cm³/mol. The summed E-state index contributed by atoms with van der Waals surface area (Å²) in [6.07, 6.45) is -0.275. The molecule has 1 aliphatic heterocycles. The van der Waals surface area contributed by atoms with Gasteiger partial charge in [0.25, 0.3) is 0 Å². The van der Waals surface area contributed by atoms with Gasteiger partial charge in [-0.2, -0.15) is 0 Å². The summed E-state index contributed by atoms with van der Waals surface area (Å²) in [6.45, 7) is 12.9. The Hall–Kier alpha value is 0.162. The van der Waals surface area contributed by atoms with Gasteiger partial charge in [-0.25, -0.2) is 0 Å². The minimum absolute atomic E-state index is 0.0888. The van der Waals surface area contributed by atoms with Crippen LogP contribution in [0.15, 0.2) is 0 Å². The van der Waals surface area contributed by atoms with Crippen molar-refractivity contribution in [1.82, 2.24) is 0 Å². The third kappa shape index (κ3) is 3.13. The van der Waals surface area contributed by atoms with Crippen LogP contribution in [-0.2, 0) is 9.16 Å². The van der Waals surface area contributed by atoms with E-state index < -0.39 is 20.4 Å². The van der Waals surface area contributed by atoms with Gasteiger partial charge >= 0.3 is 0 Å². The Labute approximate surface area is 107 Å². The number of ether oxygens (including phenoxy) is 1. The van der Waals surface area contributed by atoms with Gasteiger partial charge < -0.3 is 14.3 Å². The molecule has 1 saturated heterocycles. The Balaban J connectivity index is 2.79. The summed E-state index contributed by atoms with van der Waals surface area (Å²) < 4.78 is 11.8. The maximum Gasteiger partial charge on any atom is 0.192 e. The van der Waals surface area contributed by atoms with Crippen LogP contribution in [0.5, 0.6) is 0 Å². The van der Waals surface area contributed by atoms with Gasteiger partial charge in [-0.3, -0.25) is 0 Å². The Morgan fingerprint density at radius 3 is 2.29 bits per heavy atom. The van der Waals surface area contributed by atoms with Gasteiger partial charge in [-0.15, -0.1) is 0 Å². The highest BCUT2D eigenvalue weighted by molar-refractivity contribution is 6.74. The lowest BCUT2D eigenvalue weighted by atomic mass is 9.93. The summed E-state index contributed by atoms with van der Waals surface area (Å²) >= 11 is 0. The third-order valence-electron chi connectivity index (χ3n) is 4.01. The molecular weight excluding hydrogens is 231 g/mol. The van der Waals surface area contributed by atoms with Crippen molar-refractivity contribution in [3.05, 3.63) is 0 Å². The van der Waals surface area contributed by atoms with Crippen molar-refractivity contribution >= 4 is 16.2 Å². The first-order valence-electron chi connectivity index (χ1n) is 6.37. The molecule has 0 spiro atoms. The highest BCUT2D eigenvalue weighted by Gasteiger charge is 2.47. The molecule has 0 amide bonds. The average molecular weight is 256 g/mol.